The van der Waals surface area contributed by atoms with Gasteiger partial charge < -0.3 is 5.11 Å². The Bertz CT molecular complexity index is 875. The van der Waals surface area contributed by atoms with E-state index in [2.05, 4.69) is 16.3 Å². The molecule has 1 aromatic heterocycles. The number of nitrogens with zero attached hydrogens (tertiary/aromatic N) is 1. The number of aliphatic carboxylic acids is 1. The van der Waals surface area contributed by atoms with Crippen LogP contribution in [-0.2, 0) is 14.8 Å². The third-order valence-corrected chi connectivity index (χ3v) is 5.02. The highest BCUT2D eigenvalue weighted by molar-refractivity contribution is 7.89. The third-order valence-electron chi connectivity index (χ3n) is 3.35. The molecule has 7 heteroatoms. The largest absolute Gasteiger partial charge is 0.480 e. The Kier molecular flexibility index (Phi) is 4.82. The van der Waals surface area contributed by atoms with Crippen LogP contribution in [0.4, 0.5) is 0 Å². The predicted octanol–water partition coefficient (Wildman–Crippen LogP) is 2.24. The zero-order valence-electron chi connectivity index (χ0n) is 12.9. The first-order valence-electron chi connectivity index (χ1n) is 6.96. The lowest BCUT2D eigenvalue weighted by atomic mass is 10.1. The maximum absolute atomic E-state index is 12.7. The van der Waals surface area contributed by atoms with Crippen molar-refractivity contribution in [2.75, 3.05) is 0 Å². The van der Waals surface area contributed by atoms with Gasteiger partial charge in [0.1, 0.15) is 6.04 Å². The first-order valence-corrected chi connectivity index (χ1v) is 8.44. The van der Waals surface area contributed by atoms with E-state index in [4.69, 9.17) is 0 Å². The molecule has 2 N–H and O–H groups in total. The molecule has 122 valence electrons. The molecule has 0 fully saturated rings. The Morgan fingerprint density at radius 3 is 2.70 bits per heavy atom. The molecular weight excluding hydrogens is 316 g/mol. The van der Waals surface area contributed by atoms with Gasteiger partial charge in [-0.05, 0) is 44.0 Å². The highest BCUT2D eigenvalue weighted by atomic mass is 32.2. The van der Waals surface area contributed by atoms with Crippen molar-refractivity contribution in [1.82, 2.24) is 9.71 Å². The van der Waals surface area contributed by atoms with E-state index in [9.17, 15) is 18.3 Å². The fourth-order valence-corrected chi connectivity index (χ4v) is 4.00. The zero-order chi connectivity index (χ0) is 17.2. The Morgan fingerprint density at radius 1 is 1.39 bits per heavy atom. The Balaban J connectivity index is 2.53. The van der Waals surface area contributed by atoms with Gasteiger partial charge in [-0.1, -0.05) is 11.6 Å². The van der Waals surface area contributed by atoms with Crippen molar-refractivity contribution in [2.24, 2.45) is 0 Å². The molecule has 23 heavy (non-hydrogen) atoms. The van der Waals surface area contributed by atoms with E-state index >= 15 is 0 Å². The van der Waals surface area contributed by atoms with Gasteiger partial charge >= 0.3 is 5.97 Å². The summed E-state index contributed by atoms with van der Waals surface area (Å²) in [5.41, 5.74) is 1.64. The van der Waals surface area contributed by atoms with Gasteiger partial charge in [0.2, 0.25) is 10.0 Å². The smallest absolute Gasteiger partial charge is 0.322 e. The number of aryl methyl sites for hydroxylation is 1. The number of benzene rings is 1. The SMILES string of the molecule is C=C(C)CC(NS(=O)(=O)c1c(C)ccc2ncccc12)C(=O)O. The number of pyridine rings is 1. The zero-order valence-corrected chi connectivity index (χ0v) is 13.7. The van der Waals surface area contributed by atoms with Crippen molar-refractivity contribution >= 4 is 26.9 Å². The van der Waals surface area contributed by atoms with E-state index in [-0.39, 0.29) is 11.3 Å². The highest BCUT2D eigenvalue weighted by Gasteiger charge is 2.28. The number of sulfonamides is 1. The van der Waals surface area contributed by atoms with Gasteiger partial charge in [-0.3, -0.25) is 9.78 Å². The normalized spacial score (nSPS) is 13.0. The van der Waals surface area contributed by atoms with Crippen LogP contribution in [0.2, 0.25) is 0 Å². The second-order valence-electron chi connectivity index (χ2n) is 5.46. The van der Waals surface area contributed by atoms with Crippen molar-refractivity contribution in [3.8, 4) is 0 Å². The second kappa shape index (κ2) is 6.47. The minimum absolute atomic E-state index is 0.0244. The van der Waals surface area contributed by atoms with E-state index in [0.717, 1.165) is 0 Å². The Labute approximate surface area is 134 Å². The monoisotopic (exact) mass is 334 g/mol. The summed E-state index contributed by atoms with van der Waals surface area (Å²) in [6, 6.07) is 5.41. The summed E-state index contributed by atoms with van der Waals surface area (Å²) < 4.78 is 27.7. The van der Waals surface area contributed by atoms with Gasteiger partial charge in [-0.2, -0.15) is 4.72 Å². The fourth-order valence-electron chi connectivity index (χ4n) is 2.37. The van der Waals surface area contributed by atoms with Gasteiger partial charge in [0.05, 0.1) is 10.4 Å². The van der Waals surface area contributed by atoms with E-state index in [1.54, 1.807) is 44.3 Å². The van der Waals surface area contributed by atoms with E-state index in [1.165, 1.54) is 0 Å². The van der Waals surface area contributed by atoms with Gasteiger partial charge in [-0.25, -0.2) is 8.42 Å². The lowest BCUT2D eigenvalue weighted by Crippen LogP contribution is -2.41. The number of aromatic nitrogens is 1. The van der Waals surface area contributed by atoms with Crippen LogP contribution in [0.25, 0.3) is 10.9 Å². The van der Waals surface area contributed by atoms with E-state index in [0.29, 0.717) is 22.0 Å². The molecule has 1 heterocycles. The third kappa shape index (κ3) is 3.75. The summed E-state index contributed by atoms with van der Waals surface area (Å²) in [6.45, 7) is 6.95. The summed E-state index contributed by atoms with van der Waals surface area (Å²) in [4.78, 5) is 15.5. The second-order valence-corrected chi connectivity index (χ2v) is 7.11. The van der Waals surface area contributed by atoms with Crippen molar-refractivity contribution < 1.29 is 18.3 Å². The van der Waals surface area contributed by atoms with Crippen LogP contribution in [0, 0.1) is 6.92 Å². The number of fused-ring (bicyclic) bond motifs is 1. The number of hydrogen-bond donors (Lipinski definition) is 2. The quantitative estimate of drug-likeness (QED) is 0.790. The standard InChI is InChI=1S/C16H18N2O4S/c1-10(2)9-14(16(19)20)18-23(21,22)15-11(3)6-7-13-12(15)5-4-8-17-13/h4-8,14,18H,1,9H2,2-3H3,(H,19,20). The van der Waals surface area contributed by atoms with Gasteiger partial charge in [0.15, 0.2) is 0 Å². The lowest BCUT2D eigenvalue weighted by molar-refractivity contribution is -0.138. The van der Waals surface area contributed by atoms with E-state index in [1.807, 2.05) is 0 Å². The van der Waals surface area contributed by atoms with Crippen molar-refractivity contribution in [2.45, 2.75) is 31.2 Å². The van der Waals surface area contributed by atoms with E-state index < -0.39 is 22.0 Å². The average Bonchev–Trinajstić information content (AvgIpc) is 2.45. The first-order chi connectivity index (χ1) is 10.7. The first kappa shape index (κ1) is 17.1. The molecule has 6 nitrogen and oxygen atoms in total. The minimum atomic E-state index is -4.02. The molecular formula is C16H18N2O4S. The molecule has 0 saturated heterocycles. The van der Waals surface area contributed by atoms with Crippen LogP contribution in [0.15, 0.2) is 47.5 Å². The predicted molar refractivity (Wildman–Crippen MR) is 87.7 cm³/mol. The molecule has 0 aliphatic heterocycles. The molecule has 0 radical (unpaired) electrons. The number of hydrogen-bond acceptors (Lipinski definition) is 4. The molecule has 0 spiro atoms. The van der Waals surface area contributed by atoms with Crippen LogP contribution in [0.3, 0.4) is 0 Å². The lowest BCUT2D eigenvalue weighted by Gasteiger charge is -2.17. The van der Waals surface area contributed by atoms with Gasteiger partial charge in [0.25, 0.3) is 0 Å². The number of carbonyl (C=O) groups is 1. The Hall–Kier alpha value is -2.25. The van der Waals surface area contributed by atoms with Crippen LogP contribution in [0.5, 0.6) is 0 Å². The molecule has 0 bridgehead atoms. The minimum Gasteiger partial charge on any atom is -0.480 e. The van der Waals surface area contributed by atoms with Crippen LogP contribution >= 0.6 is 0 Å². The Morgan fingerprint density at radius 2 is 2.09 bits per heavy atom. The molecule has 1 atom stereocenters. The van der Waals surface area contributed by atoms with Gasteiger partial charge in [-0.15, -0.1) is 6.58 Å². The number of rotatable bonds is 6. The average molecular weight is 334 g/mol. The van der Waals surface area contributed by atoms with Crippen molar-refractivity contribution in [1.29, 1.82) is 0 Å². The summed E-state index contributed by atoms with van der Waals surface area (Å²) in [6.07, 6.45) is 1.60. The molecule has 2 aromatic rings. The fraction of sp³-hybridized carbons (Fsp3) is 0.250. The molecule has 1 aromatic carbocycles. The topological polar surface area (TPSA) is 96.4 Å². The summed E-state index contributed by atoms with van der Waals surface area (Å²) in [5.74, 6) is -1.24. The van der Waals surface area contributed by atoms with Crippen molar-refractivity contribution in [3.63, 3.8) is 0 Å². The maximum atomic E-state index is 12.7. The summed E-state index contributed by atoms with van der Waals surface area (Å²) in [5, 5.41) is 9.69. The summed E-state index contributed by atoms with van der Waals surface area (Å²) >= 11 is 0. The molecule has 1 unspecified atom stereocenters. The number of carboxylic acid groups (broad SMARTS) is 1. The molecule has 0 aliphatic rings. The van der Waals surface area contributed by atoms with Crippen LogP contribution < -0.4 is 4.72 Å². The van der Waals surface area contributed by atoms with Crippen LogP contribution in [0.1, 0.15) is 18.9 Å². The molecule has 0 amide bonds. The number of nitrogens with one attached hydrogen (secondary N) is 1. The molecule has 2 rings (SSSR count). The maximum Gasteiger partial charge on any atom is 0.322 e. The molecule has 0 aliphatic carbocycles. The van der Waals surface area contributed by atoms with Crippen LogP contribution in [-0.4, -0.2) is 30.5 Å². The highest BCUT2D eigenvalue weighted by Crippen LogP contribution is 2.25. The molecule has 0 saturated carbocycles. The summed E-state index contributed by atoms with van der Waals surface area (Å²) in [7, 11) is -4.02. The number of carboxylic acids is 1. The van der Waals surface area contributed by atoms with Gasteiger partial charge in [0, 0.05) is 11.6 Å². The van der Waals surface area contributed by atoms with Crippen molar-refractivity contribution in [3.05, 3.63) is 48.2 Å².